The second-order valence-electron chi connectivity index (χ2n) is 11.7. The lowest BCUT2D eigenvalue weighted by atomic mass is 9.77. The van der Waals surface area contributed by atoms with Crippen molar-refractivity contribution >= 4 is 17.7 Å². The molecule has 3 aliphatic rings. The number of nitrogens with one attached hydrogen (secondary N) is 1. The molecule has 1 aromatic rings. The normalized spacial score (nSPS) is 30.2. The van der Waals surface area contributed by atoms with Gasteiger partial charge in [0.2, 0.25) is 17.7 Å². The number of piperidine rings is 2. The fourth-order valence-electron chi connectivity index (χ4n) is 6.33. The van der Waals surface area contributed by atoms with E-state index in [1.54, 1.807) is 4.68 Å². The Hall–Kier alpha value is -2.52. The number of nitrogens with zero attached hydrogens (tertiary/aromatic N) is 6. The van der Waals surface area contributed by atoms with Gasteiger partial charge in [-0.2, -0.15) is 0 Å². The third-order valence-corrected chi connectivity index (χ3v) is 8.44. The summed E-state index contributed by atoms with van der Waals surface area (Å²) in [6.45, 7) is 10.8. The van der Waals surface area contributed by atoms with Crippen LogP contribution in [0, 0.1) is 30.6 Å². The van der Waals surface area contributed by atoms with Crippen LogP contribution in [-0.2, 0) is 20.9 Å². The Bertz CT molecular complexity index is 932. The van der Waals surface area contributed by atoms with Crippen molar-refractivity contribution in [2.75, 3.05) is 19.6 Å². The summed E-state index contributed by atoms with van der Waals surface area (Å²) >= 11 is 0. The zero-order valence-corrected chi connectivity index (χ0v) is 22.4. The molecule has 0 aliphatic carbocycles. The summed E-state index contributed by atoms with van der Waals surface area (Å²) < 4.78 is 1.66. The van der Waals surface area contributed by atoms with Crippen molar-refractivity contribution in [1.82, 2.24) is 35.3 Å². The predicted molar refractivity (Wildman–Crippen MR) is 134 cm³/mol. The van der Waals surface area contributed by atoms with Crippen LogP contribution in [0.15, 0.2) is 0 Å². The summed E-state index contributed by atoms with van der Waals surface area (Å²) in [6, 6.07) is 0.252. The molecule has 0 radical (unpaired) electrons. The fraction of sp³-hybridized carbons (Fsp3) is 0.846. The fourth-order valence-corrected chi connectivity index (χ4v) is 6.33. The van der Waals surface area contributed by atoms with E-state index in [2.05, 4.69) is 46.5 Å². The molecule has 4 rings (SSSR count). The second kappa shape index (κ2) is 11.7. The van der Waals surface area contributed by atoms with E-state index in [0.29, 0.717) is 63.1 Å². The minimum Gasteiger partial charge on any atom is -0.353 e. The Balaban J connectivity index is 1.43. The van der Waals surface area contributed by atoms with Gasteiger partial charge >= 0.3 is 0 Å². The van der Waals surface area contributed by atoms with Gasteiger partial charge in [0.15, 0.2) is 0 Å². The summed E-state index contributed by atoms with van der Waals surface area (Å²) in [7, 11) is 0. The van der Waals surface area contributed by atoms with Gasteiger partial charge < -0.3 is 15.1 Å². The first-order valence-corrected chi connectivity index (χ1v) is 13.8. The number of hydrogen-bond donors (Lipinski definition) is 1. The first-order valence-electron chi connectivity index (χ1n) is 13.8. The van der Waals surface area contributed by atoms with Crippen molar-refractivity contribution in [1.29, 1.82) is 0 Å². The third-order valence-electron chi connectivity index (χ3n) is 8.44. The average Bonchev–Trinajstić information content (AvgIpc) is 3.25. The van der Waals surface area contributed by atoms with Crippen molar-refractivity contribution < 1.29 is 14.4 Å². The molecule has 0 spiro atoms. The van der Waals surface area contributed by atoms with Crippen LogP contribution in [0.5, 0.6) is 0 Å². The molecule has 0 unspecified atom stereocenters. The van der Waals surface area contributed by atoms with Gasteiger partial charge in [-0.05, 0) is 73.1 Å². The maximum absolute atomic E-state index is 13.5. The molecule has 4 heterocycles. The lowest BCUT2D eigenvalue weighted by Crippen LogP contribution is -2.60. The highest BCUT2D eigenvalue weighted by molar-refractivity contribution is 5.78. The van der Waals surface area contributed by atoms with Crippen molar-refractivity contribution in [2.24, 2.45) is 23.7 Å². The monoisotopic (exact) mass is 501 g/mol. The minimum absolute atomic E-state index is 0.0905. The molecule has 2 bridgehead atoms. The Kier molecular flexibility index (Phi) is 8.62. The highest BCUT2D eigenvalue weighted by Crippen LogP contribution is 2.36. The smallest absolute Gasteiger partial charge is 0.224 e. The number of hydrogen-bond acceptors (Lipinski definition) is 6. The molecule has 3 aliphatic heterocycles. The first kappa shape index (κ1) is 26.5. The molecule has 0 aromatic carbocycles. The van der Waals surface area contributed by atoms with Crippen LogP contribution in [0.3, 0.4) is 0 Å². The van der Waals surface area contributed by atoms with E-state index in [9.17, 15) is 14.4 Å². The number of tetrazole rings is 1. The van der Waals surface area contributed by atoms with Gasteiger partial charge in [0, 0.05) is 51.0 Å². The standard InChI is InChI=1S/C26H43N7O3/c1-17(2)22-9-8-18(3)12-26(36)32-15-20-13-21(23(32)6-5-7-24(34)27-22)16-31(14-20)25(35)10-11-33-19(4)28-29-30-33/h17-18,20-23H,5-16H2,1-4H3,(H,27,34)/t18-,20+,21+,22+,23+/m1/s1. The molecule has 0 saturated carbocycles. The summed E-state index contributed by atoms with van der Waals surface area (Å²) in [5, 5.41) is 14.7. The van der Waals surface area contributed by atoms with Gasteiger partial charge in [0.05, 0.1) is 6.54 Å². The Morgan fingerprint density at radius 1 is 1.14 bits per heavy atom. The van der Waals surface area contributed by atoms with Gasteiger partial charge in [-0.25, -0.2) is 4.68 Å². The molecule has 3 fully saturated rings. The molecule has 200 valence electrons. The van der Waals surface area contributed by atoms with Crippen molar-refractivity contribution in [3.8, 4) is 0 Å². The van der Waals surface area contributed by atoms with Crippen LogP contribution in [-0.4, -0.2) is 79.4 Å². The zero-order valence-electron chi connectivity index (χ0n) is 22.4. The van der Waals surface area contributed by atoms with E-state index in [1.165, 1.54) is 0 Å². The molecule has 10 heteroatoms. The lowest BCUT2D eigenvalue weighted by molar-refractivity contribution is -0.146. The summed E-state index contributed by atoms with van der Waals surface area (Å²) in [4.78, 5) is 43.4. The molecule has 36 heavy (non-hydrogen) atoms. The van der Waals surface area contributed by atoms with Crippen molar-refractivity contribution in [3.63, 3.8) is 0 Å². The summed E-state index contributed by atoms with van der Waals surface area (Å²) in [6.07, 6.45) is 5.87. The van der Waals surface area contributed by atoms with Gasteiger partial charge in [-0.15, -0.1) is 5.10 Å². The molecular weight excluding hydrogens is 458 g/mol. The highest BCUT2D eigenvalue weighted by atomic mass is 16.2. The van der Waals surface area contributed by atoms with Crippen LogP contribution >= 0.6 is 0 Å². The molecule has 3 saturated heterocycles. The lowest BCUT2D eigenvalue weighted by Gasteiger charge is -2.51. The highest BCUT2D eigenvalue weighted by Gasteiger charge is 2.43. The molecular formula is C26H43N7O3. The number of likely N-dealkylation sites (tertiary alicyclic amines) is 1. The molecule has 3 amide bonds. The first-order chi connectivity index (χ1) is 17.2. The maximum atomic E-state index is 13.5. The Morgan fingerprint density at radius 2 is 1.94 bits per heavy atom. The predicted octanol–water partition coefficient (Wildman–Crippen LogP) is 2.18. The molecule has 1 N–H and O–H groups in total. The second-order valence-corrected chi connectivity index (χ2v) is 11.7. The van der Waals surface area contributed by atoms with E-state index >= 15 is 0 Å². The van der Waals surface area contributed by atoms with Crippen LogP contribution < -0.4 is 5.32 Å². The van der Waals surface area contributed by atoms with Crippen LogP contribution in [0.4, 0.5) is 0 Å². The van der Waals surface area contributed by atoms with Gasteiger partial charge in [-0.1, -0.05) is 20.8 Å². The number of carbonyl (C=O) groups is 3. The number of rotatable bonds is 4. The molecule has 5 atom stereocenters. The topological polar surface area (TPSA) is 113 Å². The van der Waals surface area contributed by atoms with E-state index in [-0.39, 0.29) is 41.6 Å². The van der Waals surface area contributed by atoms with E-state index in [1.807, 2.05) is 11.8 Å². The van der Waals surface area contributed by atoms with Gasteiger partial charge in [-0.3, -0.25) is 14.4 Å². The number of carbonyl (C=O) groups excluding carboxylic acids is 3. The Morgan fingerprint density at radius 3 is 2.67 bits per heavy atom. The number of amides is 3. The van der Waals surface area contributed by atoms with Crippen molar-refractivity contribution in [2.45, 2.75) is 97.7 Å². The molecule has 1 aromatic heterocycles. The average molecular weight is 502 g/mol. The van der Waals surface area contributed by atoms with Crippen LogP contribution in [0.1, 0.15) is 78.0 Å². The quantitative estimate of drug-likeness (QED) is 0.677. The Labute approximate surface area is 214 Å². The van der Waals surface area contributed by atoms with E-state index < -0.39 is 0 Å². The number of aryl methyl sites for hydroxylation is 2. The van der Waals surface area contributed by atoms with Crippen LogP contribution in [0.2, 0.25) is 0 Å². The van der Waals surface area contributed by atoms with E-state index in [0.717, 1.165) is 32.1 Å². The zero-order chi connectivity index (χ0) is 25.8. The van der Waals surface area contributed by atoms with Crippen LogP contribution in [0.25, 0.3) is 0 Å². The SMILES string of the molecule is Cc1nnnn1CCC(=O)N1C[C@@H]2C[C@@H](C1)[C@@H]1CCCC(=O)N[C@H](C(C)C)CC[C@@H](C)CC(=O)N1C2. The van der Waals surface area contributed by atoms with Gasteiger partial charge in [0.25, 0.3) is 0 Å². The largest absolute Gasteiger partial charge is 0.353 e. The number of aromatic nitrogens is 4. The molecule has 10 nitrogen and oxygen atoms in total. The minimum atomic E-state index is 0.0905. The van der Waals surface area contributed by atoms with Crippen molar-refractivity contribution in [3.05, 3.63) is 5.82 Å². The van der Waals surface area contributed by atoms with E-state index in [4.69, 9.17) is 0 Å². The maximum Gasteiger partial charge on any atom is 0.224 e. The van der Waals surface area contributed by atoms with Gasteiger partial charge in [0.1, 0.15) is 5.82 Å². The summed E-state index contributed by atoms with van der Waals surface area (Å²) in [5.41, 5.74) is 0. The number of fused-ring (bicyclic) bond motifs is 4. The summed E-state index contributed by atoms with van der Waals surface area (Å²) in [5.74, 6) is 2.41. The third kappa shape index (κ3) is 6.42.